The number of carbonyl (C=O) groups excluding carboxylic acids is 1. The van der Waals surface area contributed by atoms with Crippen molar-refractivity contribution in [3.63, 3.8) is 0 Å². The number of hydrogen-bond donors (Lipinski definition) is 1. The van der Waals surface area contributed by atoms with Crippen LogP contribution in [0.5, 0.6) is 0 Å². The number of likely N-dealkylation sites (tertiary alicyclic amines) is 1. The van der Waals surface area contributed by atoms with E-state index in [0.29, 0.717) is 11.8 Å². The first kappa shape index (κ1) is 11.5. The van der Waals surface area contributed by atoms with Crippen molar-refractivity contribution in [1.29, 1.82) is 0 Å². The molecule has 0 unspecified atom stereocenters. The van der Waals surface area contributed by atoms with Crippen LogP contribution in [-0.2, 0) is 10.2 Å². The molecule has 1 aromatic carbocycles. The van der Waals surface area contributed by atoms with Crippen LogP contribution in [0.15, 0.2) is 30.3 Å². The summed E-state index contributed by atoms with van der Waals surface area (Å²) in [6.07, 6.45) is 4.49. The monoisotopic (exact) mass is 256 g/mol. The van der Waals surface area contributed by atoms with E-state index in [9.17, 15) is 4.79 Å². The summed E-state index contributed by atoms with van der Waals surface area (Å²) in [5.41, 5.74) is 7.24. The standard InChI is InChI=1S/C16H20N2O/c17-16(13-6-7-13)10-18(11-16)14(19)15(8-9-15)12-4-2-1-3-5-12/h1-5,13H,6-11,17H2. The Balaban J connectivity index is 1.50. The first-order valence-electron chi connectivity index (χ1n) is 7.28. The maximum Gasteiger partial charge on any atom is 0.233 e. The van der Waals surface area contributed by atoms with E-state index in [2.05, 4.69) is 12.1 Å². The Morgan fingerprint density at radius 1 is 1.16 bits per heavy atom. The smallest absolute Gasteiger partial charge is 0.233 e. The van der Waals surface area contributed by atoms with Crippen molar-refractivity contribution in [2.75, 3.05) is 13.1 Å². The molecule has 3 heteroatoms. The van der Waals surface area contributed by atoms with Gasteiger partial charge in [-0.25, -0.2) is 0 Å². The lowest BCUT2D eigenvalue weighted by molar-refractivity contribution is -0.142. The molecule has 0 radical (unpaired) electrons. The van der Waals surface area contributed by atoms with Gasteiger partial charge in [-0.1, -0.05) is 30.3 Å². The number of amides is 1. The number of carbonyl (C=O) groups is 1. The Kier molecular flexibility index (Phi) is 2.17. The minimum Gasteiger partial charge on any atom is -0.338 e. The lowest BCUT2D eigenvalue weighted by Gasteiger charge is -2.49. The number of rotatable bonds is 3. The van der Waals surface area contributed by atoms with Gasteiger partial charge >= 0.3 is 0 Å². The van der Waals surface area contributed by atoms with Gasteiger partial charge in [0.25, 0.3) is 0 Å². The van der Waals surface area contributed by atoms with E-state index in [1.807, 2.05) is 23.1 Å². The van der Waals surface area contributed by atoms with Gasteiger partial charge in [-0.05, 0) is 37.2 Å². The Labute approximate surface area is 113 Å². The molecule has 3 fully saturated rings. The van der Waals surface area contributed by atoms with Crippen LogP contribution in [0.4, 0.5) is 0 Å². The van der Waals surface area contributed by atoms with Gasteiger partial charge in [0, 0.05) is 13.1 Å². The summed E-state index contributed by atoms with van der Waals surface area (Å²) in [7, 11) is 0. The van der Waals surface area contributed by atoms with E-state index >= 15 is 0 Å². The van der Waals surface area contributed by atoms with Crippen molar-refractivity contribution < 1.29 is 4.79 Å². The number of benzene rings is 1. The van der Waals surface area contributed by atoms with Gasteiger partial charge < -0.3 is 10.6 Å². The summed E-state index contributed by atoms with van der Waals surface area (Å²) in [6.45, 7) is 1.54. The van der Waals surface area contributed by atoms with Crippen molar-refractivity contribution in [3.8, 4) is 0 Å². The Bertz CT molecular complexity index is 511. The fourth-order valence-electron chi connectivity index (χ4n) is 3.54. The summed E-state index contributed by atoms with van der Waals surface area (Å²) in [6, 6.07) is 10.2. The van der Waals surface area contributed by atoms with E-state index in [1.54, 1.807) is 0 Å². The zero-order valence-electron chi connectivity index (χ0n) is 11.1. The molecular formula is C16H20N2O. The minimum atomic E-state index is -0.216. The Hall–Kier alpha value is -1.35. The first-order chi connectivity index (χ1) is 9.14. The van der Waals surface area contributed by atoms with Crippen molar-refractivity contribution in [2.45, 2.75) is 36.6 Å². The fraction of sp³-hybridized carbons (Fsp3) is 0.562. The summed E-state index contributed by atoms with van der Waals surface area (Å²) in [5.74, 6) is 0.976. The molecule has 100 valence electrons. The molecule has 2 aliphatic carbocycles. The lowest BCUT2D eigenvalue weighted by Crippen LogP contribution is -2.71. The maximum absolute atomic E-state index is 12.7. The predicted molar refractivity (Wildman–Crippen MR) is 73.6 cm³/mol. The van der Waals surface area contributed by atoms with E-state index in [4.69, 9.17) is 5.73 Å². The predicted octanol–water partition coefficient (Wildman–Crippen LogP) is 1.67. The van der Waals surface area contributed by atoms with Gasteiger partial charge in [0.05, 0.1) is 11.0 Å². The molecule has 19 heavy (non-hydrogen) atoms. The largest absolute Gasteiger partial charge is 0.338 e. The summed E-state index contributed by atoms with van der Waals surface area (Å²) in [5, 5.41) is 0. The van der Waals surface area contributed by atoms with Crippen LogP contribution in [0.3, 0.4) is 0 Å². The van der Waals surface area contributed by atoms with E-state index in [0.717, 1.165) is 25.9 Å². The highest BCUT2D eigenvalue weighted by Gasteiger charge is 2.58. The third-order valence-corrected chi connectivity index (χ3v) is 5.13. The van der Waals surface area contributed by atoms with Crippen LogP contribution in [-0.4, -0.2) is 29.4 Å². The maximum atomic E-state index is 12.7. The van der Waals surface area contributed by atoms with Crippen LogP contribution in [0, 0.1) is 5.92 Å². The molecular weight excluding hydrogens is 236 g/mol. The molecule has 0 spiro atoms. The summed E-state index contributed by atoms with van der Waals surface area (Å²) in [4.78, 5) is 14.7. The average Bonchev–Trinajstić information content (AvgIpc) is 3.28. The molecule has 3 aliphatic rings. The van der Waals surface area contributed by atoms with E-state index in [1.165, 1.54) is 18.4 Å². The molecule has 1 aliphatic heterocycles. The molecule has 1 aromatic rings. The molecule has 0 atom stereocenters. The van der Waals surface area contributed by atoms with Gasteiger partial charge in [0.15, 0.2) is 0 Å². The van der Waals surface area contributed by atoms with Crippen molar-refractivity contribution in [3.05, 3.63) is 35.9 Å². The zero-order valence-corrected chi connectivity index (χ0v) is 11.1. The molecule has 3 nitrogen and oxygen atoms in total. The first-order valence-corrected chi connectivity index (χ1v) is 7.28. The second-order valence-electron chi connectivity index (χ2n) is 6.62. The van der Waals surface area contributed by atoms with Gasteiger partial charge in [0.2, 0.25) is 5.91 Å². The van der Waals surface area contributed by atoms with Crippen LogP contribution in [0.2, 0.25) is 0 Å². The van der Waals surface area contributed by atoms with Crippen molar-refractivity contribution in [2.24, 2.45) is 11.7 Å². The van der Waals surface area contributed by atoms with Crippen LogP contribution in [0.25, 0.3) is 0 Å². The Morgan fingerprint density at radius 3 is 2.32 bits per heavy atom. The van der Waals surface area contributed by atoms with Crippen molar-refractivity contribution >= 4 is 5.91 Å². The second-order valence-corrected chi connectivity index (χ2v) is 6.62. The number of nitrogens with two attached hydrogens (primary N) is 1. The molecule has 0 bridgehead atoms. The van der Waals surface area contributed by atoms with Gasteiger partial charge in [-0.3, -0.25) is 4.79 Å². The normalized spacial score (nSPS) is 26.7. The van der Waals surface area contributed by atoms with Gasteiger partial charge in [0.1, 0.15) is 0 Å². The average molecular weight is 256 g/mol. The topological polar surface area (TPSA) is 46.3 Å². The van der Waals surface area contributed by atoms with Crippen molar-refractivity contribution in [1.82, 2.24) is 4.90 Å². The van der Waals surface area contributed by atoms with Gasteiger partial charge in [-0.15, -0.1) is 0 Å². The minimum absolute atomic E-state index is 0.0670. The third-order valence-electron chi connectivity index (χ3n) is 5.13. The molecule has 4 rings (SSSR count). The Morgan fingerprint density at radius 2 is 1.79 bits per heavy atom. The fourth-order valence-corrected chi connectivity index (χ4v) is 3.54. The number of nitrogens with zero attached hydrogens (tertiary/aromatic N) is 1. The van der Waals surface area contributed by atoms with E-state index < -0.39 is 0 Å². The molecule has 1 heterocycles. The third kappa shape index (κ3) is 1.64. The quantitative estimate of drug-likeness (QED) is 0.894. The lowest BCUT2D eigenvalue weighted by atomic mass is 9.83. The van der Waals surface area contributed by atoms with Gasteiger partial charge in [-0.2, -0.15) is 0 Å². The van der Waals surface area contributed by atoms with Crippen LogP contribution < -0.4 is 5.73 Å². The van der Waals surface area contributed by atoms with Crippen LogP contribution in [0.1, 0.15) is 31.2 Å². The highest BCUT2D eigenvalue weighted by atomic mass is 16.2. The molecule has 1 saturated heterocycles. The highest BCUT2D eigenvalue weighted by Crippen LogP contribution is 2.52. The SMILES string of the molecule is NC1(C2CC2)CN(C(=O)C2(c3ccccc3)CC2)C1. The molecule has 1 amide bonds. The second kappa shape index (κ2) is 3.60. The molecule has 0 aromatic heterocycles. The van der Waals surface area contributed by atoms with E-state index in [-0.39, 0.29) is 11.0 Å². The van der Waals surface area contributed by atoms with Crippen LogP contribution >= 0.6 is 0 Å². The number of hydrogen-bond acceptors (Lipinski definition) is 2. The highest BCUT2D eigenvalue weighted by molar-refractivity contribution is 5.92. The molecule has 2 N–H and O–H groups in total. The zero-order chi connectivity index (χ0) is 13.1. The summed E-state index contributed by atoms with van der Waals surface area (Å²) >= 11 is 0. The summed E-state index contributed by atoms with van der Waals surface area (Å²) < 4.78 is 0. The molecule has 2 saturated carbocycles.